The van der Waals surface area contributed by atoms with Crippen LogP contribution in [0.15, 0.2) is 53.7 Å². The van der Waals surface area contributed by atoms with Gasteiger partial charge in [-0.15, -0.1) is 5.10 Å². The minimum atomic E-state index is -0.488. The van der Waals surface area contributed by atoms with Gasteiger partial charge in [0, 0.05) is 5.56 Å². The molecule has 1 heterocycles. The molecule has 0 bridgehead atoms. The van der Waals surface area contributed by atoms with Gasteiger partial charge in [0.25, 0.3) is 5.91 Å². The molecule has 0 fully saturated rings. The van der Waals surface area contributed by atoms with Gasteiger partial charge in [0.2, 0.25) is 11.1 Å². The molecule has 0 spiro atoms. The molecule has 0 atom stereocenters. The van der Waals surface area contributed by atoms with Gasteiger partial charge in [-0.2, -0.15) is 4.68 Å². The number of hydrazine groups is 1. The van der Waals surface area contributed by atoms with Gasteiger partial charge in [-0.3, -0.25) is 20.4 Å². The Morgan fingerprint density at radius 3 is 2.52 bits per heavy atom. The van der Waals surface area contributed by atoms with Crippen LogP contribution in [0.2, 0.25) is 0 Å². The zero-order valence-corrected chi connectivity index (χ0v) is 16.5. The van der Waals surface area contributed by atoms with E-state index in [-0.39, 0.29) is 5.75 Å². The number of nitrogens with zero attached hydrogens (tertiary/aromatic N) is 4. The number of para-hydroxylation sites is 1. The van der Waals surface area contributed by atoms with E-state index in [1.807, 2.05) is 30.3 Å². The standard InChI is InChI=1S/C18H18N6O4S/c1-27-14-9-8-12(10-15(14)28-2)17(26)20-19-16(25)11-29-18-21-22-23-24(18)13-6-4-3-5-7-13/h3-10H,11H2,1-2H3,(H,19,25)(H,20,26). The molecule has 10 nitrogen and oxygen atoms in total. The zero-order valence-electron chi connectivity index (χ0n) is 15.7. The number of hydrogen-bond donors (Lipinski definition) is 2. The van der Waals surface area contributed by atoms with Gasteiger partial charge in [-0.1, -0.05) is 30.0 Å². The summed E-state index contributed by atoms with van der Waals surface area (Å²) in [6.07, 6.45) is 0. The third-order valence-corrected chi connectivity index (χ3v) is 4.65. The Labute approximate surface area is 170 Å². The van der Waals surface area contributed by atoms with Crippen molar-refractivity contribution in [3.8, 4) is 17.2 Å². The SMILES string of the molecule is COc1ccc(C(=O)NNC(=O)CSc2nnnn2-c2ccccc2)cc1OC. The summed E-state index contributed by atoms with van der Waals surface area (Å²) in [5.41, 5.74) is 5.81. The lowest BCUT2D eigenvalue weighted by Gasteiger charge is -2.10. The molecule has 0 aliphatic heterocycles. The predicted octanol–water partition coefficient (Wildman–Crippen LogP) is 1.23. The number of nitrogens with one attached hydrogen (secondary N) is 2. The Morgan fingerprint density at radius 1 is 1.03 bits per heavy atom. The van der Waals surface area contributed by atoms with Crippen molar-refractivity contribution in [3.63, 3.8) is 0 Å². The molecule has 0 unspecified atom stereocenters. The molecular formula is C18H18N6O4S. The Kier molecular flexibility index (Phi) is 6.63. The van der Waals surface area contributed by atoms with Crippen LogP contribution < -0.4 is 20.3 Å². The molecule has 2 amide bonds. The third-order valence-electron chi connectivity index (χ3n) is 3.74. The average Bonchev–Trinajstić information content (AvgIpc) is 3.24. The maximum absolute atomic E-state index is 12.2. The number of tetrazole rings is 1. The highest BCUT2D eigenvalue weighted by molar-refractivity contribution is 7.99. The Hall–Kier alpha value is -3.60. The molecule has 2 aromatic carbocycles. The maximum atomic E-state index is 12.2. The number of carbonyl (C=O) groups is 2. The Morgan fingerprint density at radius 2 is 1.79 bits per heavy atom. The van der Waals surface area contributed by atoms with Crippen molar-refractivity contribution < 1.29 is 19.1 Å². The van der Waals surface area contributed by atoms with Crippen LogP contribution in [0, 0.1) is 0 Å². The van der Waals surface area contributed by atoms with Crippen LogP contribution in [0.4, 0.5) is 0 Å². The molecule has 2 N–H and O–H groups in total. The number of methoxy groups -OCH3 is 2. The molecule has 3 rings (SSSR count). The van der Waals surface area contributed by atoms with E-state index in [4.69, 9.17) is 9.47 Å². The smallest absolute Gasteiger partial charge is 0.269 e. The first kappa shape index (κ1) is 20.1. The molecular weight excluding hydrogens is 396 g/mol. The van der Waals surface area contributed by atoms with Crippen molar-refractivity contribution in [2.24, 2.45) is 0 Å². The van der Waals surface area contributed by atoms with Crippen molar-refractivity contribution >= 4 is 23.6 Å². The molecule has 0 aliphatic carbocycles. The first-order valence-electron chi connectivity index (χ1n) is 8.40. The van der Waals surface area contributed by atoms with E-state index in [9.17, 15) is 9.59 Å². The van der Waals surface area contributed by atoms with Gasteiger partial charge in [0.1, 0.15) is 0 Å². The van der Waals surface area contributed by atoms with Crippen molar-refractivity contribution in [2.45, 2.75) is 5.16 Å². The number of aromatic nitrogens is 4. The monoisotopic (exact) mass is 414 g/mol. The summed E-state index contributed by atoms with van der Waals surface area (Å²) in [5.74, 6) is 0.0274. The number of amides is 2. The van der Waals surface area contributed by atoms with Crippen LogP contribution in [0.5, 0.6) is 11.5 Å². The number of hydrogen-bond acceptors (Lipinski definition) is 8. The van der Waals surface area contributed by atoms with Gasteiger partial charge in [0.05, 0.1) is 25.7 Å². The largest absolute Gasteiger partial charge is 0.493 e. The number of carbonyl (C=O) groups excluding carboxylic acids is 2. The Balaban J connectivity index is 1.53. The highest BCUT2D eigenvalue weighted by Gasteiger charge is 2.14. The van der Waals surface area contributed by atoms with E-state index in [2.05, 4.69) is 26.4 Å². The second kappa shape index (κ2) is 9.55. The van der Waals surface area contributed by atoms with E-state index >= 15 is 0 Å². The first-order valence-corrected chi connectivity index (χ1v) is 9.38. The summed E-state index contributed by atoms with van der Waals surface area (Å²) < 4.78 is 11.8. The molecule has 0 radical (unpaired) electrons. The van der Waals surface area contributed by atoms with Crippen molar-refractivity contribution in [1.82, 2.24) is 31.1 Å². The second-order valence-corrected chi connectivity index (χ2v) is 6.51. The van der Waals surface area contributed by atoms with Crippen molar-refractivity contribution in [3.05, 3.63) is 54.1 Å². The van der Waals surface area contributed by atoms with E-state index < -0.39 is 11.8 Å². The molecule has 150 valence electrons. The molecule has 0 saturated carbocycles. The van der Waals surface area contributed by atoms with E-state index in [1.165, 1.54) is 25.0 Å². The highest BCUT2D eigenvalue weighted by Crippen LogP contribution is 2.27. The minimum Gasteiger partial charge on any atom is -0.493 e. The van der Waals surface area contributed by atoms with Crippen LogP contribution in [-0.4, -0.2) is 52.0 Å². The fourth-order valence-corrected chi connectivity index (χ4v) is 3.03. The fraction of sp³-hybridized carbons (Fsp3) is 0.167. The third kappa shape index (κ3) is 5.02. The first-order chi connectivity index (χ1) is 14.1. The van der Waals surface area contributed by atoms with Crippen LogP contribution in [0.1, 0.15) is 10.4 Å². The number of thioether (sulfide) groups is 1. The molecule has 29 heavy (non-hydrogen) atoms. The summed E-state index contributed by atoms with van der Waals surface area (Å²) >= 11 is 1.14. The van der Waals surface area contributed by atoms with Gasteiger partial charge < -0.3 is 9.47 Å². The molecule has 0 aliphatic rings. The summed E-state index contributed by atoms with van der Waals surface area (Å²) in [6, 6.07) is 14.0. The normalized spacial score (nSPS) is 10.3. The molecule has 3 aromatic rings. The predicted molar refractivity (Wildman–Crippen MR) is 105 cm³/mol. The summed E-state index contributed by atoms with van der Waals surface area (Å²) in [7, 11) is 2.98. The summed E-state index contributed by atoms with van der Waals surface area (Å²) in [5, 5.41) is 11.9. The lowest BCUT2D eigenvalue weighted by molar-refractivity contribution is -0.119. The lowest BCUT2D eigenvalue weighted by atomic mass is 10.2. The molecule has 0 saturated heterocycles. The van der Waals surface area contributed by atoms with Gasteiger partial charge >= 0.3 is 0 Å². The molecule has 11 heteroatoms. The number of rotatable bonds is 7. The summed E-state index contributed by atoms with van der Waals surface area (Å²) in [4.78, 5) is 24.3. The van der Waals surface area contributed by atoms with Crippen LogP contribution in [0.3, 0.4) is 0 Å². The topological polar surface area (TPSA) is 120 Å². The summed E-state index contributed by atoms with van der Waals surface area (Å²) in [6.45, 7) is 0. The highest BCUT2D eigenvalue weighted by atomic mass is 32.2. The van der Waals surface area contributed by atoms with Crippen LogP contribution >= 0.6 is 11.8 Å². The average molecular weight is 414 g/mol. The minimum absolute atomic E-state index is 0.0133. The maximum Gasteiger partial charge on any atom is 0.269 e. The second-order valence-electron chi connectivity index (χ2n) is 5.57. The lowest BCUT2D eigenvalue weighted by Crippen LogP contribution is -2.42. The van der Waals surface area contributed by atoms with Gasteiger partial charge in [-0.05, 0) is 40.8 Å². The van der Waals surface area contributed by atoms with Crippen molar-refractivity contribution in [1.29, 1.82) is 0 Å². The van der Waals surface area contributed by atoms with Crippen LogP contribution in [-0.2, 0) is 4.79 Å². The van der Waals surface area contributed by atoms with E-state index in [0.717, 1.165) is 17.4 Å². The molecule has 1 aromatic heterocycles. The van der Waals surface area contributed by atoms with Crippen LogP contribution in [0.25, 0.3) is 5.69 Å². The van der Waals surface area contributed by atoms with Gasteiger partial charge in [0.15, 0.2) is 11.5 Å². The number of benzene rings is 2. The fourth-order valence-electron chi connectivity index (χ4n) is 2.34. The van der Waals surface area contributed by atoms with E-state index in [1.54, 1.807) is 12.1 Å². The quantitative estimate of drug-likeness (QED) is 0.438. The zero-order chi connectivity index (χ0) is 20.6. The van der Waals surface area contributed by atoms with Gasteiger partial charge in [-0.25, -0.2) is 0 Å². The number of ether oxygens (including phenoxy) is 2. The van der Waals surface area contributed by atoms with E-state index in [0.29, 0.717) is 22.2 Å². The van der Waals surface area contributed by atoms with Crippen molar-refractivity contribution in [2.75, 3.05) is 20.0 Å². The Bertz CT molecular complexity index is 995.